The summed E-state index contributed by atoms with van der Waals surface area (Å²) in [6, 6.07) is 1.26. The topological polar surface area (TPSA) is 70.5 Å². The van der Waals surface area contributed by atoms with Crippen molar-refractivity contribution in [1.82, 2.24) is 0 Å². The lowest BCUT2D eigenvalue weighted by atomic mass is 10.2. The Morgan fingerprint density at radius 1 is 0.778 bits per heavy atom. The minimum Gasteiger partial charge on any atom is -0.403 e. The first kappa shape index (κ1) is 14.1. The zero-order valence-corrected chi connectivity index (χ0v) is 8.39. The summed E-state index contributed by atoms with van der Waals surface area (Å²) in [6.07, 6.45) is -10.2. The number of benzene rings is 1. The van der Waals surface area contributed by atoms with Gasteiger partial charge >= 0.3 is 12.7 Å². The molecule has 0 atom stereocenters. The molecule has 0 fully saturated rings. The average molecular weight is 276 g/mol. The van der Waals surface area contributed by atoms with Gasteiger partial charge in [0.25, 0.3) is 0 Å². The highest BCUT2D eigenvalue weighted by Gasteiger charge is 2.35. The van der Waals surface area contributed by atoms with Crippen LogP contribution in [0.4, 0.5) is 37.7 Å². The molecular weight excluding hydrogens is 270 g/mol. The molecule has 18 heavy (non-hydrogen) atoms. The van der Waals surface area contributed by atoms with Crippen molar-refractivity contribution in [2.75, 3.05) is 11.5 Å². The fourth-order valence-corrected chi connectivity index (χ4v) is 1.04. The predicted octanol–water partition coefficient (Wildman–Crippen LogP) is 2.65. The normalized spacial score (nSPS) is 12.3. The fraction of sp³-hybridized carbons (Fsp3) is 0.250. The van der Waals surface area contributed by atoms with E-state index in [1.54, 1.807) is 0 Å². The van der Waals surface area contributed by atoms with E-state index in [-0.39, 0.29) is 0 Å². The molecule has 4 N–H and O–H groups in total. The minimum atomic E-state index is -5.11. The smallest absolute Gasteiger partial charge is 0.403 e. The Kier molecular flexibility index (Phi) is 3.40. The molecule has 0 amide bonds. The molecule has 0 heterocycles. The van der Waals surface area contributed by atoms with Gasteiger partial charge in [-0.3, -0.25) is 0 Å². The van der Waals surface area contributed by atoms with Crippen LogP contribution in [0.1, 0.15) is 0 Å². The zero-order valence-electron chi connectivity index (χ0n) is 8.39. The van der Waals surface area contributed by atoms with Crippen molar-refractivity contribution in [3.8, 4) is 11.5 Å². The van der Waals surface area contributed by atoms with Crippen LogP contribution in [0.2, 0.25) is 0 Å². The maximum Gasteiger partial charge on any atom is 0.573 e. The third-order valence-corrected chi connectivity index (χ3v) is 1.58. The average Bonchev–Trinajstić information content (AvgIpc) is 2.07. The molecule has 0 aliphatic rings. The Morgan fingerprint density at radius 2 is 1.11 bits per heavy atom. The highest BCUT2D eigenvalue weighted by atomic mass is 19.4. The van der Waals surface area contributed by atoms with E-state index >= 15 is 0 Å². The third kappa shape index (κ3) is 4.11. The third-order valence-electron chi connectivity index (χ3n) is 1.58. The number of alkyl halides is 6. The minimum absolute atomic E-state index is 0.428. The van der Waals surface area contributed by atoms with Gasteiger partial charge in [0.1, 0.15) is 5.69 Å². The van der Waals surface area contributed by atoms with Crippen LogP contribution in [0.3, 0.4) is 0 Å². The van der Waals surface area contributed by atoms with Gasteiger partial charge in [-0.05, 0) is 0 Å². The number of nitrogens with two attached hydrogens (primary N) is 2. The number of halogens is 6. The van der Waals surface area contributed by atoms with Crippen molar-refractivity contribution in [2.24, 2.45) is 0 Å². The van der Waals surface area contributed by atoms with Crippen LogP contribution in [-0.4, -0.2) is 12.7 Å². The van der Waals surface area contributed by atoms with Gasteiger partial charge in [0.15, 0.2) is 11.5 Å². The monoisotopic (exact) mass is 276 g/mol. The lowest BCUT2D eigenvalue weighted by molar-refractivity contribution is -0.275. The van der Waals surface area contributed by atoms with Crippen LogP contribution >= 0.6 is 0 Å². The van der Waals surface area contributed by atoms with E-state index in [4.69, 9.17) is 11.5 Å². The van der Waals surface area contributed by atoms with Crippen LogP contribution in [0.5, 0.6) is 11.5 Å². The molecule has 0 radical (unpaired) electrons. The molecule has 0 saturated carbocycles. The van der Waals surface area contributed by atoms with Gasteiger partial charge in [0.2, 0.25) is 0 Å². The lowest BCUT2D eigenvalue weighted by Gasteiger charge is -2.16. The maximum atomic E-state index is 11.9. The molecule has 1 rings (SSSR count). The highest BCUT2D eigenvalue weighted by molar-refractivity contribution is 5.69. The summed E-state index contributed by atoms with van der Waals surface area (Å²) in [5.74, 6) is -2.14. The van der Waals surface area contributed by atoms with E-state index in [9.17, 15) is 26.3 Å². The Bertz CT molecular complexity index is 405. The predicted molar refractivity (Wildman–Crippen MR) is 48.6 cm³/mol. The molecule has 102 valence electrons. The summed E-state index contributed by atoms with van der Waals surface area (Å²) >= 11 is 0. The van der Waals surface area contributed by atoms with Gasteiger partial charge in [-0.2, -0.15) is 0 Å². The standard InChI is InChI=1S/C8H6F6N2O2/c9-7(10,11)17-4-1-3(15)2-5(6(4)16)18-8(12,13)14/h1-2H,15-16H2. The quantitative estimate of drug-likeness (QED) is 0.643. The maximum absolute atomic E-state index is 11.9. The van der Waals surface area contributed by atoms with Crippen molar-refractivity contribution in [2.45, 2.75) is 12.7 Å². The Morgan fingerprint density at radius 3 is 1.39 bits per heavy atom. The molecule has 0 aliphatic carbocycles. The molecule has 10 heteroatoms. The van der Waals surface area contributed by atoms with E-state index in [2.05, 4.69) is 9.47 Å². The molecule has 0 bridgehead atoms. The number of ether oxygens (including phenoxy) is 2. The summed E-state index contributed by atoms with van der Waals surface area (Å²) in [5, 5.41) is 0. The molecule has 0 spiro atoms. The summed E-state index contributed by atoms with van der Waals surface area (Å²) in [7, 11) is 0. The van der Waals surface area contributed by atoms with Gasteiger partial charge in [-0.15, -0.1) is 26.3 Å². The van der Waals surface area contributed by atoms with Crippen molar-refractivity contribution in [3.63, 3.8) is 0 Å². The van der Waals surface area contributed by atoms with Crippen LogP contribution in [0.25, 0.3) is 0 Å². The summed E-state index contributed by atoms with van der Waals surface area (Å²) in [4.78, 5) is 0. The second kappa shape index (κ2) is 4.35. The van der Waals surface area contributed by atoms with Gasteiger partial charge in [-0.1, -0.05) is 0 Å². The first-order valence-electron chi connectivity index (χ1n) is 4.18. The van der Waals surface area contributed by atoms with E-state index in [1.165, 1.54) is 0 Å². The van der Waals surface area contributed by atoms with Crippen molar-refractivity contribution >= 4 is 11.4 Å². The zero-order chi connectivity index (χ0) is 14.1. The SMILES string of the molecule is Nc1cc(OC(F)(F)F)c(N)c(OC(F)(F)F)c1. The van der Waals surface area contributed by atoms with Gasteiger partial charge in [0, 0.05) is 17.8 Å². The number of hydrogen-bond acceptors (Lipinski definition) is 4. The Hall–Kier alpha value is -2.00. The fourth-order valence-electron chi connectivity index (χ4n) is 1.04. The number of hydrogen-bond donors (Lipinski definition) is 2. The largest absolute Gasteiger partial charge is 0.573 e. The molecule has 1 aromatic rings. The number of anilines is 2. The van der Waals surface area contributed by atoms with Crippen LogP contribution in [0.15, 0.2) is 12.1 Å². The summed E-state index contributed by atoms with van der Waals surface area (Å²) < 4.78 is 78.5. The van der Waals surface area contributed by atoms with Gasteiger partial charge < -0.3 is 20.9 Å². The molecule has 4 nitrogen and oxygen atoms in total. The Labute approximate surface area is 96.1 Å². The van der Waals surface area contributed by atoms with Gasteiger partial charge in [-0.25, -0.2) is 0 Å². The van der Waals surface area contributed by atoms with E-state index in [1.807, 2.05) is 0 Å². The van der Waals surface area contributed by atoms with Crippen molar-refractivity contribution in [3.05, 3.63) is 12.1 Å². The molecule has 0 unspecified atom stereocenters. The first-order chi connectivity index (χ1) is 7.98. The van der Waals surface area contributed by atoms with Crippen LogP contribution in [0, 0.1) is 0 Å². The molecule has 1 aromatic carbocycles. The number of rotatable bonds is 2. The van der Waals surface area contributed by atoms with E-state index in [0.29, 0.717) is 12.1 Å². The van der Waals surface area contributed by atoms with Crippen molar-refractivity contribution in [1.29, 1.82) is 0 Å². The summed E-state index contributed by atoms with van der Waals surface area (Å²) in [5.41, 5.74) is 8.79. The van der Waals surface area contributed by atoms with Crippen LogP contribution < -0.4 is 20.9 Å². The second-order valence-electron chi connectivity index (χ2n) is 3.03. The number of nitrogen functional groups attached to an aromatic ring is 2. The van der Waals surface area contributed by atoms with Gasteiger partial charge in [0.05, 0.1) is 0 Å². The molecule has 0 saturated heterocycles. The summed E-state index contributed by atoms with van der Waals surface area (Å²) in [6.45, 7) is 0. The highest BCUT2D eigenvalue weighted by Crippen LogP contribution is 2.39. The lowest BCUT2D eigenvalue weighted by Crippen LogP contribution is -2.20. The van der Waals surface area contributed by atoms with E-state index in [0.717, 1.165) is 0 Å². The van der Waals surface area contributed by atoms with Crippen LogP contribution in [-0.2, 0) is 0 Å². The Balaban J connectivity index is 3.14. The second-order valence-corrected chi connectivity index (χ2v) is 3.03. The molecule has 0 aromatic heterocycles. The molecular formula is C8H6F6N2O2. The van der Waals surface area contributed by atoms with E-state index < -0.39 is 35.6 Å². The first-order valence-corrected chi connectivity index (χ1v) is 4.18. The van der Waals surface area contributed by atoms with Crippen molar-refractivity contribution < 1.29 is 35.8 Å². The molecule has 0 aliphatic heterocycles.